The van der Waals surface area contributed by atoms with Crippen LogP contribution in [0.1, 0.15) is 5.56 Å². The van der Waals surface area contributed by atoms with Crippen LogP contribution in [0.3, 0.4) is 0 Å². The molecule has 0 saturated carbocycles. The SMILES string of the molecule is CNc1nc(-c2ccc(OC)cc2OC)ncc1C. The molecule has 0 amide bonds. The molecule has 5 heteroatoms. The summed E-state index contributed by atoms with van der Waals surface area (Å²) in [5, 5.41) is 3.05. The van der Waals surface area contributed by atoms with Crippen molar-refractivity contribution in [3.8, 4) is 22.9 Å². The number of aromatic nitrogens is 2. The Balaban J connectivity index is 2.52. The minimum Gasteiger partial charge on any atom is -0.497 e. The van der Waals surface area contributed by atoms with E-state index in [0.29, 0.717) is 11.6 Å². The van der Waals surface area contributed by atoms with E-state index in [2.05, 4.69) is 15.3 Å². The van der Waals surface area contributed by atoms with Crippen molar-refractivity contribution >= 4 is 5.82 Å². The summed E-state index contributed by atoms with van der Waals surface area (Å²) in [4.78, 5) is 8.83. The molecule has 0 unspecified atom stereocenters. The summed E-state index contributed by atoms with van der Waals surface area (Å²) >= 11 is 0. The molecule has 0 radical (unpaired) electrons. The molecular formula is C14H17N3O2. The van der Waals surface area contributed by atoms with Crippen molar-refractivity contribution < 1.29 is 9.47 Å². The van der Waals surface area contributed by atoms with Crippen molar-refractivity contribution in [3.63, 3.8) is 0 Å². The predicted molar refractivity (Wildman–Crippen MR) is 74.9 cm³/mol. The van der Waals surface area contributed by atoms with Crippen LogP contribution in [-0.2, 0) is 0 Å². The number of anilines is 1. The molecule has 0 spiro atoms. The van der Waals surface area contributed by atoms with E-state index < -0.39 is 0 Å². The monoisotopic (exact) mass is 259 g/mol. The molecule has 5 nitrogen and oxygen atoms in total. The van der Waals surface area contributed by atoms with Gasteiger partial charge >= 0.3 is 0 Å². The lowest BCUT2D eigenvalue weighted by atomic mass is 10.1. The van der Waals surface area contributed by atoms with Crippen LogP contribution in [0, 0.1) is 6.92 Å². The summed E-state index contributed by atoms with van der Waals surface area (Å²) in [6, 6.07) is 5.57. The summed E-state index contributed by atoms with van der Waals surface area (Å²) in [6.45, 7) is 1.96. The summed E-state index contributed by atoms with van der Waals surface area (Å²) < 4.78 is 10.5. The lowest BCUT2D eigenvalue weighted by molar-refractivity contribution is 0.395. The summed E-state index contributed by atoms with van der Waals surface area (Å²) in [7, 11) is 5.08. The fraction of sp³-hybridized carbons (Fsp3) is 0.286. The maximum atomic E-state index is 5.37. The Hall–Kier alpha value is -2.30. The van der Waals surface area contributed by atoms with Crippen LogP contribution in [0.15, 0.2) is 24.4 Å². The molecule has 1 N–H and O–H groups in total. The van der Waals surface area contributed by atoms with Gasteiger partial charge in [-0.15, -0.1) is 0 Å². The van der Waals surface area contributed by atoms with E-state index in [1.54, 1.807) is 20.4 Å². The molecule has 0 saturated heterocycles. The highest BCUT2D eigenvalue weighted by Gasteiger charge is 2.11. The zero-order valence-electron chi connectivity index (χ0n) is 11.5. The van der Waals surface area contributed by atoms with Gasteiger partial charge in [0.15, 0.2) is 5.82 Å². The number of rotatable bonds is 4. The van der Waals surface area contributed by atoms with Crippen molar-refractivity contribution in [1.29, 1.82) is 0 Å². The van der Waals surface area contributed by atoms with Gasteiger partial charge in [-0.25, -0.2) is 9.97 Å². The lowest BCUT2D eigenvalue weighted by Gasteiger charge is -2.11. The molecule has 2 rings (SSSR count). The van der Waals surface area contributed by atoms with Crippen molar-refractivity contribution in [2.45, 2.75) is 6.92 Å². The average molecular weight is 259 g/mol. The first-order valence-corrected chi connectivity index (χ1v) is 5.93. The highest BCUT2D eigenvalue weighted by Crippen LogP contribution is 2.31. The van der Waals surface area contributed by atoms with Crippen LogP contribution < -0.4 is 14.8 Å². The number of nitrogens with one attached hydrogen (secondary N) is 1. The fourth-order valence-electron chi connectivity index (χ4n) is 1.81. The minimum absolute atomic E-state index is 0.620. The fourth-order valence-corrected chi connectivity index (χ4v) is 1.81. The molecular weight excluding hydrogens is 242 g/mol. The van der Waals surface area contributed by atoms with Gasteiger partial charge < -0.3 is 14.8 Å². The number of methoxy groups -OCH3 is 2. The molecule has 1 heterocycles. The summed E-state index contributed by atoms with van der Waals surface area (Å²) in [5.74, 6) is 2.85. The van der Waals surface area contributed by atoms with Crippen molar-refractivity contribution in [1.82, 2.24) is 9.97 Å². The van der Waals surface area contributed by atoms with E-state index in [1.165, 1.54) is 0 Å². The maximum absolute atomic E-state index is 5.37. The third-order valence-electron chi connectivity index (χ3n) is 2.86. The molecule has 0 aliphatic carbocycles. The van der Waals surface area contributed by atoms with E-state index in [1.807, 2.05) is 32.2 Å². The van der Waals surface area contributed by atoms with Gasteiger partial charge in [-0.2, -0.15) is 0 Å². The molecule has 1 aromatic heterocycles. The molecule has 0 aliphatic rings. The minimum atomic E-state index is 0.620. The molecule has 0 fully saturated rings. The van der Waals surface area contributed by atoms with Crippen LogP contribution in [0.2, 0.25) is 0 Å². The Morgan fingerprint density at radius 1 is 1.16 bits per heavy atom. The number of hydrogen-bond donors (Lipinski definition) is 1. The number of benzene rings is 1. The zero-order chi connectivity index (χ0) is 13.8. The first kappa shape index (κ1) is 13.1. The number of ether oxygens (including phenoxy) is 2. The van der Waals surface area contributed by atoms with Gasteiger partial charge in [0.05, 0.1) is 19.8 Å². The summed E-state index contributed by atoms with van der Waals surface area (Å²) in [5.41, 5.74) is 1.83. The van der Waals surface area contributed by atoms with Crippen LogP contribution in [-0.4, -0.2) is 31.2 Å². The van der Waals surface area contributed by atoms with Gasteiger partial charge in [0.25, 0.3) is 0 Å². The largest absolute Gasteiger partial charge is 0.497 e. The van der Waals surface area contributed by atoms with Gasteiger partial charge in [0, 0.05) is 24.9 Å². The molecule has 2 aromatic rings. The van der Waals surface area contributed by atoms with Crippen molar-refractivity contribution in [3.05, 3.63) is 30.0 Å². The number of hydrogen-bond acceptors (Lipinski definition) is 5. The Morgan fingerprint density at radius 2 is 1.95 bits per heavy atom. The second-order valence-electron chi connectivity index (χ2n) is 4.04. The number of aryl methyl sites for hydroxylation is 1. The number of nitrogens with zero attached hydrogens (tertiary/aromatic N) is 2. The molecule has 0 bridgehead atoms. The average Bonchev–Trinajstić information content (AvgIpc) is 2.47. The second-order valence-corrected chi connectivity index (χ2v) is 4.04. The van der Waals surface area contributed by atoms with Gasteiger partial charge in [-0.1, -0.05) is 0 Å². The van der Waals surface area contributed by atoms with E-state index >= 15 is 0 Å². The van der Waals surface area contributed by atoms with E-state index in [4.69, 9.17) is 9.47 Å². The van der Waals surface area contributed by atoms with Crippen LogP contribution in [0.25, 0.3) is 11.4 Å². The quantitative estimate of drug-likeness (QED) is 0.914. The van der Waals surface area contributed by atoms with Gasteiger partial charge in [-0.3, -0.25) is 0 Å². The van der Waals surface area contributed by atoms with E-state index in [-0.39, 0.29) is 0 Å². The Labute approximate surface area is 112 Å². The Bertz CT molecular complexity index is 585. The predicted octanol–water partition coefficient (Wildman–Crippen LogP) is 2.51. The standard InChI is InChI=1S/C14H17N3O2/c1-9-8-16-14(17-13(9)15-2)11-6-5-10(18-3)7-12(11)19-4/h5-8H,1-4H3,(H,15,16,17). The van der Waals surface area contributed by atoms with Gasteiger partial charge in [-0.05, 0) is 19.1 Å². The molecule has 19 heavy (non-hydrogen) atoms. The van der Waals surface area contributed by atoms with Crippen LogP contribution >= 0.6 is 0 Å². The smallest absolute Gasteiger partial charge is 0.165 e. The van der Waals surface area contributed by atoms with Crippen LogP contribution in [0.4, 0.5) is 5.82 Å². The Kier molecular flexibility index (Phi) is 3.85. The van der Waals surface area contributed by atoms with E-state index in [9.17, 15) is 0 Å². The highest BCUT2D eigenvalue weighted by atomic mass is 16.5. The second kappa shape index (κ2) is 5.56. The van der Waals surface area contributed by atoms with Gasteiger partial charge in [0.1, 0.15) is 17.3 Å². The van der Waals surface area contributed by atoms with Crippen LogP contribution in [0.5, 0.6) is 11.5 Å². The molecule has 100 valence electrons. The normalized spacial score (nSPS) is 10.1. The van der Waals surface area contributed by atoms with E-state index in [0.717, 1.165) is 22.7 Å². The molecule has 0 aliphatic heterocycles. The first-order valence-electron chi connectivity index (χ1n) is 5.93. The van der Waals surface area contributed by atoms with Crippen molar-refractivity contribution in [2.75, 3.05) is 26.6 Å². The van der Waals surface area contributed by atoms with Gasteiger partial charge in [0.2, 0.25) is 0 Å². The first-order chi connectivity index (χ1) is 9.19. The molecule has 0 atom stereocenters. The zero-order valence-corrected chi connectivity index (χ0v) is 11.5. The third-order valence-corrected chi connectivity index (χ3v) is 2.86. The topological polar surface area (TPSA) is 56.3 Å². The Morgan fingerprint density at radius 3 is 2.58 bits per heavy atom. The van der Waals surface area contributed by atoms with Crippen molar-refractivity contribution in [2.24, 2.45) is 0 Å². The third kappa shape index (κ3) is 2.59. The lowest BCUT2D eigenvalue weighted by Crippen LogP contribution is -2.00. The summed E-state index contributed by atoms with van der Waals surface area (Å²) in [6.07, 6.45) is 1.79. The maximum Gasteiger partial charge on any atom is 0.165 e. The highest BCUT2D eigenvalue weighted by molar-refractivity contribution is 5.67. The molecule has 1 aromatic carbocycles.